The van der Waals surface area contributed by atoms with Gasteiger partial charge in [-0.2, -0.15) is 0 Å². The number of rotatable bonds is 6. The number of nitrogens with zero attached hydrogens (tertiary/aromatic N) is 1. The second-order valence-corrected chi connectivity index (χ2v) is 6.38. The number of thiazole rings is 1. The number of nitrogens with one attached hydrogen (secondary N) is 1. The van der Waals surface area contributed by atoms with E-state index in [9.17, 15) is 4.79 Å². The highest BCUT2D eigenvalue weighted by molar-refractivity contribution is 7.09. The first-order valence-corrected chi connectivity index (χ1v) is 8.13. The van der Waals surface area contributed by atoms with E-state index >= 15 is 0 Å². The zero-order valence-corrected chi connectivity index (χ0v) is 12.6. The summed E-state index contributed by atoms with van der Waals surface area (Å²) in [6.07, 6.45) is 3.27. The maximum atomic E-state index is 12.3. The van der Waals surface area contributed by atoms with Crippen molar-refractivity contribution in [2.75, 3.05) is 0 Å². The van der Waals surface area contributed by atoms with Gasteiger partial charge in [0.25, 0.3) is 5.91 Å². The molecule has 1 amide bonds. The molecule has 0 bridgehead atoms. The molecule has 0 radical (unpaired) electrons. The Balaban J connectivity index is 1.66. The fourth-order valence-electron chi connectivity index (χ4n) is 2.45. The molecular weight excluding hydrogens is 282 g/mol. The average molecular weight is 301 g/mol. The molecule has 21 heavy (non-hydrogen) atoms. The molecule has 3 rings (SSSR count). The molecule has 1 aromatic heterocycles. The number of carbonyl (C=O) groups excluding carboxylic acids is 1. The molecule has 1 heterocycles. The minimum Gasteiger partial charge on any atom is -0.347 e. The van der Waals surface area contributed by atoms with Crippen LogP contribution < -0.4 is 11.1 Å². The number of amides is 1. The predicted octanol–water partition coefficient (Wildman–Crippen LogP) is 2.35. The van der Waals surface area contributed by atoms with Gasteiger partial charge in [-0.15, -0.1) is 11.3 Å². The highest BCUT2D eigenvalue weighted by atomic mass is 32.1. The van der Waals surface area contributed by atoms with E-state index in [2.05, 4.69) is 22.4 Å². The first-order valence-electron chi connectivity index (χ1n) is 7.25. The van der Waals surface area contributed by atoms with Crippen molar-refractivity contribution in [2.45, 2.75) is 31.8 Å². The normalized spacial score (nSPS) is 15.7. The Morgan fingerprint density at radius 2 is 2.14 bits per heavy atom. The van der Waals surface area contributed by atoms with Gasteiger partial charge in [0.15, 0.2) is 0 Å². The van der Waals surface area contributed by atoms with Crippen LogP contribution in [0.5, 0.6) is 0 Å². The standard InChI is InChI=1S/C16H19N3OS/c17-9-15-18-14(10-21-15)16(20)19-13(12-6-7-12)8-11-4-2-1-3-5-11/h1-5,10,12-13H,6-9,17H2,(H,19,20)/t13-/m0/s1. The van der Waals surface area contributed by atoms with Gasteiger partial charge in [0, 0.05) is 18.0 Å². The van der Waals surface area contributed by atoms with Crippen molar-refractivity contribution >= 4 is 17.2 Å². The number of hydrogen-bond acceptors (Lipinski definition) is 4. The molecule has 3 N–H and O–H groups in total. The molecule has 0 saturated heterocycles. The highest BCUT2D eigenvalue weighted by Crippen LogP contribution is 2.34. The largest absolute Gasteiger partial charge is 0.347 e. The molecule has 1 fully saturated rings. The van der Waals surface area contributed by atoms with Crippen molar-refractivity contribution in [1.82, 2.24) is 10.3 Å². The van der Waals surface area contributed by atoms with Gasteiger partial charge >= 0.3 is 0 Å². The van der Waals surface area contributed by atoms with E-state index in [0.29, 0.717) is 18.2 Å². The molecule has 0 spiro atoms. The summed E-state index contributed by atoms with van der Waals surface area (Å²) in [4.78, 5) is 16.5. The summed E-state index contributed by atoms with van der Waals surface area (Å²) in [6, 6.07) is 10.5. The maximum absolute atomic E-state index is 12.3. The first kappa shape index (κ1) is 14.2. The Morgan fingerprint density at radius 1 is 1.38 bits per heavy atom. The summed E-state index contributed by atoms with van der Waals surface area (Å²) < 4.78 is 0. The van der Waals surface area contributed by atoms with Crippen LogP contribution in [0, 0.1) is 5.92 Å². The van der Waals surface area contributed by atoms with Crippen LogP contribution in [0.4, 0.5) is 0 Å². The molecule has 1 saturated carbocycles. The van der Waals surface area contributed by atoms with Crippen LogP contribution in [0.1, 0.15) is 33.9 Å². The third kappa shape index (κ3) is 3.68. The Morgan fingerprint density at radius 3 is 2.76 bits per heavy atom. The van der Waals surface area contributed by atoms with Gasteiger partial charge in [0.1, 0.15) is 10.7 Å². The molecule has 0 unspecified atom stereocenters. The van der Waals surface area contributed by atoms with Crippen LogP contribution in [-0.2, 0) is 13.0 Å². The molecule has 110 valence electrons. The SMILES string of the molecule is NCc1nc(C(=O)N[C@@H](Cc2ccccc2)C2CC2)cs1. The molecule has 1 atom stereocenters. The van der Waals surface area contributed by atoms with Crippen molar-refractivity contribution < 1.29 is 4.79 Å². The summed E-state index contributed by atoms with van der Waals surface area (Å²) in [7, 11) is 0. The minimum atomic E-state index is -0.0845. The van der Waals surface area contributed by atoms with Gasteiger partial charge in [0.05, 0.1) is 0 Å². The van der Waals surface area contributed by atoms with Gasteiger partial charge in [-0.25, -0.2) is 4.98 Å². The summed E-state index contributed by atoms with van der Waals surface area (Å²) in [5, 5.41) is 5.72. The van der Waals surface area contributed by atoms with E-state index in [1.165, 1.54) is 29.7 Å². The Hall–Kier alpha value is -1.72. The molecule has 0 aliphatic heterocycles. The lowest BCUT2D eigenvalue weighted by Gasteiger charge is -2.17. The topological polar surface area (TPSA) is 68.0 Å². The molecule has 1 aromatic carbocycles. The average Bonchev–Trinajstić information content (AvgIpc) is 3.24. The van der Waals surface area contributed by atoms with Crippen molar-refractivity contribution in [3.05, 3.63) is 52.0 Å². The van der Waals surface area contributed by atoms with Crippen LogP contribution in [0.2, 0.25) is 0 Å². The van der Waals surface area contributed by atoms with E-state index in [4.69, 9.17) is 5.73 Å². The fraction of sp³-hybridized carbons (Fsp3) is 0.375. The monoisotopic (exact) mass is 301 g/mol. The van der Waals surface area contributed by atoms with Crippen molar-refractivity contribution in [1.29, 1.82) is 0 Å². The zero-order chi connectivity index (χ0) is 14.7. The van der Waals surface area contributed by atoms with Crippen LogP contribution in [0.25, 0.3) is 0 Å². The predicted molar refractivity (Wildman–Crippen MR) is 84.1 cm³/mol. The van der Waals surface area contributed by atoms with E-state index in [1.807, 2.05) is 18.2 Å². The zero-order valence-electron chi connectivity index (χ0n) is 11.8. The molecular formula is C16H19N3OS. The molecule has 2 aromatic rings. The van der Waals surface area contributed by atoms with Gasteiger partial charge in [0.2, 0.25) is 0 Å². The van der Waals surface area contributed by atoms with Crippen LogP contribution >= 0.6 is 11.3 Å². The van der Waals surface area contributed by atoms with Crippen molar-refractivity contribution in [3.63, 3.8) is 0 Å². The molecule has 4 nitrogen and oxygen atoms in total. The summed E-state index contributed by atoms with van der Waals surface area (Å²) in [5.74, 6) is 0.514. The highest BCUT2D eigenvalue weighted by Gasteiger charge is 2.32. The van der Waals surface area contributed by atoms with Gasteiger partial charge in [-0.1, -0.05) is 30.3 Å². The van der Waals surface area contributed by atoms with E-state index in [0.717, 1.165) is 11.4 Å². The van der Waals surface area contributed by atoms with E-state index in [1.54, 1.807) is 5.38 Å². The lowest BCUT2D eigenvalue weighted by molar-refractivity contribution is 0.0927. The lowest BCUT2D eigenvalue weighted by Crippen LogP contribution is -2.38. The Labute approximate surface area is 128 Å². The van der Waals surface area contributed by atoms with Crippen LogP contribution in [0.3, 0.4) is 0 Å². The summed E-state index contributed by atoms with van der Waals surface area (Å²) >= 11 is 1.44. The van der Waals surface area contributed by atoms with Crippen molar-refractivity contribution in [2.24, 2.45) is 11.7 Å². The first-order chi connectivity index (χ1) is 10.3. The molecule has 5 heteroatoms. The smallest absolute Gasteiger partial charge is 0.270 e. The Kier molecular flexibility index (Phi) is 4.31. The second-order valence-electron chi connectivity index (χ2n) is 5.44. The van der Waals surface area contributed by atoms with Crippen molar-refractivity contribution in [3.8, 4) is 0 Å². The fourth-order valence-corrected chi connectivity index (χ4v) is 3.11. The van der Waals surface area contributed by atoms with Gasteiger partial charge in [-0.3, -0.25) is 4.79 Å². The van der Waals surface area contributed by atoms with E-state index < -0.39 is 0 Å². The maximum Gasteiger partial charge on any atom is 0.270 e. The molecule has 1 aliphatic rings. The Bertz CT molecular complexity index is 607. The minimum absolute atomic E-state index is 0.0845. The van der Waals surface area contributed by atoms with E-state index in [-0.39, 0.29) is 11.9 Å². The van der Waals surface area contributed by atoms with Crippen LogP contribution in [0.15, 0.2) is 35.7 Å². The third-order valence-electron chi connectivity index (χ3n) is 3.76. The number of nitrogens with two attached hydrogens (primary N) is 1. The van der Waals surface area contributed by atoms with Crippen LogP contribution in [-0.4, -0.2) is 16.9 Å². The summed E-state index contributed by atoms with van der Waals surface area (Å²) in [6.45, 7) is 0.383. The number of aromatic nitrogens is 1. The second kappa shape index (κ2) is 6.37. The number of benzene rings is 1. The van der Waals surface area contributed by atoms with Gasteiger partial charge in [-0.05, 0) is 30.7 Å². The quantitative estimate of drug-likeness (QED) is 0.860. The molecule has 1 aliphatic carbocycles. The van der Waals surface area contributed by atoms with Gasteiger partial charge < -0.3 is 11.1 Å². The lowest BCUT2D eigenvalue weighted by atomic mass is 10.0. The summed E-state index contributed by atoms with van der Waals surface area (Å²) in [5.41, 5.74) is 7.29. The number of carbonyl (C=O) groups is 1. The number of hydrogen-bond donors (Lipinski definition) is 2. The third-order valence-corrected chi connectivity index (χ3v) is 4.64.